The molecule has 2 rings (SSSR count). The van der Waals surface area contributed by atoms with Gasteiger partial charge in [-0.25, -0.2) is 0 Å². The van der Waals surface area contributed by atoms with Crippen molar-refractivity contribution in [3.8, 4) is 0 Å². The topological polar surface area (TPSA) is 32.3 Å². The van der Waals surface area contributed by atoms with Gasteiger partial charge in [0.2, 0.25) is 5.91 Å². The zero-order valence-corrected chi connectivity index (χ0v) is 14.4. The smallest absolute Gasteiger partial charge is 0.226 e. The van der Waals surface area contributed by atoms with Gasteiger partial charge in [-0.2, -0.15) is 0 Å². The number of carbonyl (C=O) groups excluding carboxylic acids is 1. The van der Waals surface area contributed by atoms with Crippen molar-refractivity contribution in [3.63, 3.8) is 0 Å². The summed E-state index contributed by atoms with van der Waals surface area (Å²) in [6.45, 7) is 3.81. The molecule has 0 aromatic heterocycles. The van der Waals surface area contributed by atoms with Gasteiger partial charge in [0, 0.05) is 35.7 Å². The molecule has 1 aromatic rings. The van der Waals surface area contributed by atoms with E-state index in [4.69, 9.17) is 0 Å². The first-order chi connectivity index (χ1) is 9.70. The van der Waals surface area contributed by atoms with Gasteiger partial charge in [-0.3, -0.25) is 4.79 Å². The van der Waals surface area contributed by atoms with E-state index in [1.807, 2.05) is 37.1 Å². The van der Waals surface area contributed by atoms with Crippen LogP contribution in [0, 0.1) is 5.92 Å². The average Bonchev–Trinajstić information content (AvgIpc) is 2.53. The Bertz CT molecular complexity index is 430. The van der Waals surface area contributed by atoms with Crippen LogP contribution in [0.25, 0.3) is 0 Å². The zero-order valence-electron chi connectivity index (χ0n) is 12.7. The zero-order chi connectivity index (χ0) is 14.4. The van der Waals surface area contributed by atoms with E-state index in [1.54, 1.807) is 11.8 Å². The molecule has 1 aliphatic heterocycles. The van der Waals surface area contributed by atoms with Crippen LogP contribution in [-0.2, 0) is 4.79 Å². The summed E-state index contributed by atoms with van der Waals surface area (Å²) in [5.41, 5.74) is 0. The number of likely N-dealkylation sites (tertiary alicyclic amines) is 1. The van der Waals surface area contributed by atoms with E-state index in [0.29, 0.717) is 11.9 Å². The molecule has 5 heteroatoms. The van der Waals surface area contributed by atoms with Crippen LogP contribution in [0.4, 0.5) is 0 Å². The molecule has 118 valence electrons. The predicted molar refractivity (Wildman–Crippen MR) is 92.2 cm³/mol. The van der Waals surface area contributed by atoms with E-state index >= 15 is 0 Å². The summed E-state index contributed by atoms with van der Waals surface area (Å²) in [6, 6.07) is 10.7. The molecule has 1 heterocycles. The van der Waals surface area contributed by atoms with E-state index in [2.05, 4.69) is 17.4 Å². The van der Waals surface area contributed by atoms with Gasteiger partial charge in [0.25, 0.3) is 0 Å². The minimum atomic E-state index is 0. The first-order valence-corrected chi connectivity index (χ1v) is 8.33. The van der Waals surface area contributed by atoms with Crippen molar-refractivity contribution in [2.24, 2.45) is 5.92 Å². The fraction of sp³-hybridized carbons (Fsp3) is 0.562. The fourth-order valence-electron chi connectivity index (χ4n) is 2.53. The summed E-state index contributed by atoms with van der Waals surface area (Å²) in [7, 11) is 1.98. The van der Waals surface area contributed by atoms with Crippen LogP contribution in [0.5, 0.6) is 0 Å². The average molecular weight is 329 g/mol. The molecule has 0 radical (unpaired) electrons. The summed E-state index contributed by atoms with van der Waals surface area (Å²) in [4.78, 5) is 15.7. The highest BCUT2D eigenvalue weighted by molar-refractivity contribution is 7.99. The molecule has 1 fully saturated rings. The number of amides is 1. The van der Waals surface area contributed by atoms with Crippen molar-refractivity contribution in [3.05, 3.63) is 30.3 Å². The summed E-state index contributed by atoms with van der Waals surface area (Å²) in [5.74, 6) is 1.23. The number of benzene rings is 1. The minimum Gasteiger partial charge on any atom is -0.341 e. The third-order valence-corrected chi connectivity index (χ3v) is 5.08. The van der Waals surface area contributed by atoms with Crippen molar-refractivity contribution in [1.29, 1.82) is 0 Å². The van der Waals surface area contributed by atoms with Gasteiger partial charge in [0.15, 0.2) is 0 Å². The SMILES string of the molecule is CNC1CCCN(C(=O)C(C)CSc2ccccc2)C1.Cl. The van der Waals surface area contributed by atoms with E-state index in [0.717, 1.165) is 25.3 Å². The molecule has 3 nitrogen and oxygen atoms in total. The second-order valence-corrected chi connectivity index (χ2v) is 6.53. The van der Waals surface area contributed by atoms with Crippen LogP contribution < -0.4 is 5.32 Å². The Labute approximate surface area is 138 Å². The van der Waals surface area contributed by atoms with Gasteiger partial charge in [0.05, 0.1) is 0 Å². The van der Waals surface area contributed by atoms with Gasteiger partial charge in [-0.05, 0) is 32.0 Å². The van der Waals surface area contributed by atoms with Crippen LogP contribution in [0.1, 0.15) is 19.8 Å². The normalized spacial score (nSPS) is 19.7. The van der Waals surface area contributed by atoms with Crippen LogP contribution >= 0.6 is 24.2 Å². The first-order valence-electron chi connectivity index (χ1n) is 7.34. The Morgan fingerprint density at radius 3 is 2.81 bits per heavy atom. The highest BCUT2D eigenvalue weighted by atomic mass is 35.5. The van der Waals surface area contributed by atoms with Gasteiger partial charge in [-0.1, -0.05) is 25.1 Å². The molecule has 0 spiro atoms. The number of piperidine rings is 1. The molecule has 1 saturated heterocycles. The molecule has 0 bridgehead atoms. The maximum Gasteiger partial charge on any atom is 0.226 e. The van der Waals surface area contributed by atoms with Gasteiger partial charge < -0.3 is 10.2 Å². The maximum absolute atomic E-state index is 12.5. The lowest BCUT2D eigenvalue weighted by Crippen LogP contribution is -2.48. The Morgan fingerprint density at radius 2 is 2.14 bits per heavy atom. The minimum absolute atomic E-state index is 0. The number of thioether (sulfide) groups is 1. The molecular formula is C16H25ClN2OS. The third-order valence-electron chi connectivity index (χ3n) is 3.81. The number of likely N-dealkylation sites (N-methyl/N-ethyl adjacent to an activating group) is 1. The quantitative estimate of drug-likeness (QED) is 0.843. The Kier molecular flexibility index (Phi) is 8.15. The molecule has 1 aliphatic rings. The summed E-state index contributed by atoms with van der Waals surface area (Å²) in [6.07, 6.45) is 2.28. The molecule has 0 saturated carbocycles. The largest absolute Gasteiger partial charge is 0.341 e. The lowest BCUT2D eigenvalue weighted by atomic mass is 10.0. The summed E-state index contributed by atoms with van der Waals surface area (Å²) in [5, 5.41) is 3.29. The lowest BCUT2D eigenvalue weighted by molar-refractivity contribution is -0.135. The van der Waals surface area contributed by atoms with Crippen molar-refractivity contribution >= 4 is 30.1 Å². The molecule has 1 aromatic carbocycles. The van der Waals surface area contributed by atoms with E-state index < -0.39 is 0 Å². The number of halogens is 1. The molecule has 2 unspecified atom stereocenters. The monoisotopic (exact) mass is 328 g/mol. The second-order valence-electron chi connectivity index (χ2n) is 5.44. The highest BCUT2D eigenvalue weighted by Crippen LogP contribution is 2.22. The van der Waals surface area contributed by atoms with Crippen molar-refractivity contribution in [1.82, 2.24) is 10.2 Å². The number of carbonyl (C=O) groups is 1. The van der Waals surface area contributed by atoms with Crippen LogP contribution in [-0.4, -0.2) is 42.7 Å². The highest BCUT2D eigenvalue weighted by Gasteiger charge is 2.25. The number of nitrogens with one attached hydrogen (secondary N) is 1. The molecular weight excluding hydrogens is 304 g/mol. The Hall–Kier alpha value is -0.710. The van der Waals surface area contributed by atoms with E-state index in [9.17, 15) is 4.79 Å². The van der Waals surface area contributed by atoms with Crippen LogP contribution in [0.15, 0.2) is 35.2 Å². The maximum atomic E-state index is 12.5. The van der Waals surface area contributed by atoms with Crippen LogP contribution in [0.3, 0.4) is 0 Å². The standard InChI is InChI=1S/C16H24N2OS.ClH/c1-13(12-20-15-8-4-3-5-9-15)16(19)18-10-6-7-14(11-18)17-2;/h3-5,8-9,13-14,17H,6-7,10-12H2,1-2H3;1H. The molecule has 2 atom stereocenters. The van der Waals surface area contributed by atoms with Crippen molar-refractivity contribution < 1.29 is 4.79 Å². The Balaban J connectivity index is 0.00000220. The van der Waals surface area contributed by atoms with E-state index in [-0.39, 0.29) is 18.3 Å². The molecule has 0 aliphatic carbocycles. The third kappa shape index (κ3) is 5.53. The van der Waals surface area contributed by atoms with Crippen molar-refractivity contribution in [2.45, 2.75) is 30.7 Å². The molecule has 1 amide bonds. The van der Waals surface area contributed by atoms with Gasteiger partial charge in [0.1, 0.15) is 0 Å². The van der Waals surface area contributed by atoms with Gasteiger partial charge in [-0.15, -0.1) is 24.2 Å². The summed E-state index contributed by atoms with van der Waals surface area (Å²) < 4.78 is 0. The lowest BCUT2D eigenvalue weighted by Gasteiger charge is -2.34. The van der Waals surface area contributed by atoms with Crippen molar-refractivity contribution in [2.75, 3.05) is 25.9 Å². The number of hydrogen-bond donors (Lipinski definition) is 1. The number of nitrogens with zero attached hydrogens (tertiary/aromatic N) is 1. The fourth-order valence-corrected chi connectivity index (χ4v) is 3.47. The second kappa shape index (κ2) is 9.34. The van der Waals surface area contributed by atoms with E-state index in [1.165, 1.54) is 11.3 Å². The summed E-state index contributed by atoms with van der Waals surface area (Å²) >= 11 is 1.76. The predicted octanol–water partition coefficient (Wildman–Crippen LogP) is 3.05. The van der Waals surface area contributed by atoms with Gasteiger partial charge >= 0.3 is 0 Å². The van der Waals surface area contributed by atoms with Crippen LogP contribution in [0.2, 0.25) is 0 Å². The number of hydrogen-bond acceptors (Lipinski definition) is 3. The number of rotatable bonds is 5. The molecule has 21 heavy (non-hydrogen) atoms. The Morgan fingerprint density at radius 1 is 1.43 bits per heavy atom. The molecule has 1 N–H and O–H groups in total. The first kappa shape index (κ1) is 18.3.